The molecule has 0 saturated heterocycles. The highest BCUT2D eigenvalue weighted by Crippen LogP contribution is 2.27. The summed E-state index contributed by atoms with van der Waals surface area (Å²) in [6.45, 7) is 1.63. The Morgan fingerprint density at radius 3 is 2.15 bits per heavy atom. The van der Waals surface area contributed by atoms with Crippen LogP contribution in [0.5, 0.6) is 0 Å². The van der Waals surface area contributed by atoms with Crippen molar-refractivity contribution in [2.24, 2.45) is 0 Å². The zero-order chi connectivity index (χ0) is 14.4. The van der Waals surface area contributed by atoms with Crippen molar-refractivity contribution in [2.45, 2.75) is 17.2 Å². The first-order chi connectivity index (χ1) is 9.66. The van der Waals surface area contributed by atoms with Crippen LogP contribution < -0.4 is 0 Å². The largest absolute Gasteiger partial charge is 0.395 e. The van der Waals surface area contributed by atoms with E-state index in [0.29, 0.717) is 5.75 Å². The van der Waals surface area contributed by atoms with E-state index >= 15 is 0 Å². The molecule has 1 atom stereocenters. The van der Waals surface area contributed by atoms with Crippen molar-refractivity contribution in [1.29, 1.82) is 0 Å². The third-order valence-electron chi connectivity index (χ3n) is 3.46. The smallest absolute Gasteiger partial charge is 0.155 e. The Bertz CT molecular complexity index is 554. The van der Waals surface area contributed by atoms with E-state index in [2.05, 4.69) is 0 Å². The summed E-state index contributed by atoms with van der Waals surface area (Å²) >= 11 is 1.50. The van der Waals surface area contributed by atoms with E-state index in [1.807, 2.05) is 60.7 Å². The topological polar surface area (TPSA) is 37.3 Å². The molecule has 104 valence electrons. The van der Waals surface area contributed by atoms with Crippen LogP contribution in [0.1, 0.15) is 12.5 Å². The Morgan fingerprint density at radius 2 is 1.60 bits per heavy atom. The van der Waals surface area contributed by atoms with Crippen LogP contribution in [0.15, 0.2) is 65.6 Å². The first-order valence-corrected chi connectivity index (χ1v) is 7.53. The summed E-state index contributed by atoms with van der Waals surface area (Å²) in [4.78, 5) is 13.6. The van der Waals surface area contributed by atoms with E-state index in [1.54, 1.807) is 6.92 Å². The second-order valence-corrected chi connectivity index (χ2v) is 5.93. The Balaban J connectivity index is 2.10. The summed E-state index contributed by atoms with van der Waals surface area (Å²) < 4.78 is 0. The summed E-state index contributed by atoms with van der Waals surface area (Å²) in [5.41, 5.74) is 0.0319. The zero-order valence-electron chi connectivity index (χ0n) is 11.5. The van der Waals surface area contributed by atoms with Gasteiger partial charge in [0.2, 0.25) is 0 Å². The van der Waals surface area contributed by atoms with Gasteiger partial charge in [-0.05, 0) is 24.6 Å². The summed E-state index contributed by atoms with van der Waals surface area (Å²) in [5, 5.41) is 9.68. The Labute approximate surface area is 123 Å². The molecule has 2 aromatic rings. The first kappa shape index (κ1) is 14.8. The standard InChI is InChI=1S/C17H18O2S/c1-17(13-18,14-8-4-2-5-9-14)16(19)12-20-15-10-6-3-7-11-15/h2-11,18H,12-13H2,1H3. The number of hydrogen-bond acceptors (Lipinski definition) is 3. The van der Waals surface area contributed by atoms with Gasteiger partial charge in [0.25, 0.3) is 0 Å². The van der Waals surface area contributed by atoms with Gasteiger partial charge in [0.15, 0.2) is 5.78 Å². The number of Topliss-reactive ketones (excluding diaryl/α,β-unsaturated/α-hetero) is 1. The second kappa shape index (κ2) is 6.73. The fourth-order valence-corrected chi connectivity index (χ4v) is 2.94. The molecule has 0 radical (unpaired) electrons. The summed E-state index contributed by atoms with van der Waals surface area (Å²) in [7, 11) is 0. The van der Waals surface area contributed by atoms with Gasteiger partial charge in [-0.15, -0.1) is 11.8 Å². The van der Waals surface area contributed by atoms with E-state index in [9.17, 15) is 9.90 Å². The van der Waals surface area contributed by atoms with Gasteiger partial charge in [0, 0.05) is 4.90 Å². The van der Waals surface area contributed by atoms with Gasteiger partial charge in [-0.3, -0.25) is 4.79 Å². The minimum absolute atomic E-state index is 0.0417. The van der Waals surface area contributed by atoms with Gasteiger partial charge >= 0.3 is 0 Å². The lowest BCUT2D eigenvalue weighted by Gasteiger charge is -2.26. The van der Waals surface area contributed by atoms with Crippen molar-refractivity contribution in [1.82, 2.24) is 0 Å². The molecule has 0 aliphatic heterocycles. The molecule has 1 unspecified atom stereocenters. The number of aliphatic hydroxyl groups is 1. The maximum Gasteiger partial charge on any atom is 0.155 e. The van der Waals surface area contributed by atoms with Crippen LogP contribution in [-0.4, -0.2) is 23.2 Å². The van der Waals surface area contributed by atoms with E-state index in [1.165, 1.54) is 11.8 Å². The molecule has 1 N–H and O–H groups in total. The van der Waals surface area contributed by atoms with Crippen molar-refractivity contribution >= 4 is 17.5 Å². The SMILES string of the molecule is CC(CO)(C(=O)CSc1ccccc1)c1ccccc1. The molecule has 20 heavy (non-hydrogen) atoms. The molecule has 3 heteroatoms. The molecule has 2 nitrogen and oxygen atoms in total. The Morgan fingerprint density at radius 1 is 1.05 bits per heavy atom. The maximum atomic E-state index is 12.5. The number of aliphatic hydroxyl groups excluding tert-OH is 1. The van der Waals surface area contributed by atoms with Crippen LogP contribution in [-0.2, 0) is 10.2 Å². The molecule has 0 fully saturated rings. The summed E-state index contributed by atoms with van der Waals surface area (Å²) in [6, 6.07) is 19.3. The van der Waals surface area contributed by atoms with Crippen LogP contribution >= 0.6 is 11.8 Å². The molecule has 0 spiro atoms. The van der Waals surface area contributed by atoms with E-state index < -0.39 is 5.41 Å². The van der Waals surface area contributed by atoms with Crippen molar-refractivity contribution < 1.29 is 9.90 Å². The van der Waals surface area contributed by atoms with Crippen LogP contribution in [0.3, 0.4) is 0 Å². The summed E-state index contributed by atoms with van der Waals surface area (Å²) in [5.74, 6) is 0.399. The number of rotatable bonds is 6. The van der Waals surface area contributed by atoms with Gasteiger partial charge in [-0.1, -0.05) is 48.5 Å². The lowest BCUT2D eigenvalue weighted by molar-refractivity contribution is -0.122. The minimum atomic E-state index is -0.830. The van der Waals surface area contributed by atoms with Crippen molar-refractivity contribution in [3.8, 4) is 0 Å². The molecule has 0 aromatic heterocycles. The molecule has 0 bridgehead atoms. The fraction of sp³-hybridized carbons (Fsp3) is 0.235. The number of benzene rings is 2. The summed E-state index contributed by atoms with van der Waals surface area (Å²) in [6.07, 6.45) is 0. The van der Waals surface area contributed by atoms with Crippen LogP contribution in [0.25, 0.3) is 0 Å². The van der Waals surface area contributed by atoms with Crippen molar-refractivity contribution in [3.63, 3.8) is 0 Å². The number of carbonyl (C=O) groups excluding carboxylic acids is 1. The molecule has 0 aliphatic carbocycles. The van der Waals surface area contributed by atoms with Crippen LogP contribution in [0, 0.1) is 0 Å². The van der Waals surface area contributed by atoms with E-state index in [-0.39, 0.29) is 12.4 Å². The molecule has 2 aromatic carbocycles. The first-order valence-electron chi connectivity index (χ1n) is 6.54. The molecular weight excluding hydrogens is 268 g/mol. The van der Waals surface area contributed by atoms with Crippen molar-refractivity contribution in [2.75, 3.05) is 12.4 Å². The Kier molecular flexibility index (Phi) is 4.99. The van der Waals surface area contributed by atoms with Gasteiger partial charge in [0.05, 0.1) is 17.8 Å². The lowest BCUT2D eigenvalue weighted by atomic mass is 9.80. The zero-order valence-corrected chi connectivity index (χ0v) is 12.3. The average molecular weight is 286 g/mol. The highest BCUT2D eigenvalue weighted by molar-refractivity contribution is 8.00. The van der Waals surface area contributed by atoms with Gasteiger partial charge in [-0.2, -0.15) is 0 Å². The Hall–Kier alpha value is -1.58. The van der Waals surface area contributed by atoms with E-state index in [0.717, 1.165) is 10.5 Å². The lowest BCUT2D eigenvalue weighted by Crippen LogP contribution is -2.37. The second-order valence-electron chi connectivity index (χ2n) is 4.88. The van der Waals surface area contributed by atoms with E-state index in [4.69, 9.17) is 0 Å². The van der Waals surface area contributed by atoms with Gasteiger partial charge < -0.3 is 5.11 Å². The highest BCUT2D eigenvalue weighted by atomic mass is 32.2. The van der Waals surface area contributed by atoms with Crippen LogP contribution in [0.2, 0.25) is 0 Å². The highest BCUT2D eigenvalue weighted by Gasteiger charge is 2.33. The third kappa shape index (κ3) is 3.30. The van der Waals surface area contributed by atoms with Gasteiger partial charge in [-0.25, -0.2) is 0 Å². The molecule has 2 rings (SSSR count). The number of thioether (sulfide) groups is 1. The minimum Gasteiger partial charge on any atom is -0.395 e. The van der Waals surface area contributed by atoms with Gasteiger partial charge in [0.1, 0.15) is 0 Å². The third-order valence-corrected chi connectivity index (χ3v) is 4.47. The molecule has 0 heterocycles. The molecule has 0 amide bonds. The predicted octanol–water partition coefficient (Wildman–Crippen LogP) is 3.30. The fourth-order valence-electron chi connectivity index (χ4n) is 1.97. The normalized spacial score (nSPS) is 13.7. The number of carbonyl (C=O) groups is 1. The number of ketones is 1. The monoisotopic (exact) mass is 286 g/mol. The molecule has 0 aliphatic rings. The quantitative estimate of drug-likeness (QED) is 0.828. The van der Waals surface area contributed by atoms with Crippen molar-refractivity contribution in [3.05, 3.63) is 66.2 Å². The average Bonchev–Trinajstić information content (AvgIpc) is 2.53. The molecular formula is C17H18O2S. The van der Waals surface area contributed by atoms with Crippen LogP contribution in [0.4, 0.5) is 0 Å². The predicted molar refractivity (Wildman–Crippen MR) is 83.1 cm³/mol. The molecule has 0 saturated carbocycles. The maximum absolute atomic E-state index is 12.5. The number of hydrogen-bond donors (Lipinski definition) is 1.